The molecule has 2 unspecified atom stereocenters. The number of fused-ring (bicyclic) bond motifs is 1. The zero-order valence-electron chi connectivity index (χ0n) is 21.3. The number of ether oxygens (including phenoxy) is 1. The van der Waals surface area contributed by atoms with Gasteiger partial charge in [0.15, 0.2) is 0 Å². The summed E-state index contributed by atoms with van der Waals surface area (Å²) in [4.78, 5) is 45.6. The van der Waals surface area contributed by atoms with E-state index in [4.69, 9.17) is 10.5 Å². The molecule has 2 aliphatic rings. The van der Waals surface area contributed by atoms with Gasteiger partial charge < -0.3 is 20.7 Å². The van der Waals surface area contributed by atoms with Crippen LogP contribution >= 0.6 is 11.3 Å². The Morgan fingerprint density at radius 1 is 1.22 bits per heavy atom. The number of hydrogen-bond acceptors (Lipinski definition) is 8. The third kappa shape index (κ3) is 6.34. The first-order valence-electron chi connectivity index (χ1n) is 12.8. The number of aromatic nitrogens is 1. The van der Waals surface area contributed by atoms with Crippen molar-refractivity contribution in [1.82, 2.24) is 20.5 Å². The van der Waals surface area contributed by atoms with Crippen LogP contribution in [0.5, 0.6) is 0 Å². The molecule has 1 aliphatic carbocycles. The number of carbonyl (C=O) groups is 3. The number of anilines is 1. The highest BCUT2D eigenvalue weighted by Gasteiger charge is 2.42. The Morgan fingerprint density at radius 3 is 2.61 bits per heavy atom. The van der Waals surface area contributed by atoms with Crippen molar-refractivity contribution in [2.45, 2.75) is 83.5 Å². The van der Waals surface area contributed by atoms with E-state index in [-0.39, 0.29) is 30.2 Å². The van der Waals surface area contributed by atoms with Gasteiger partial charge in [-0.25, -0.2) is 4.98 Å². The van der Waals surface area contributed by atoms with E-state index >= 15 is 0 Å². The molecule has 36 heavy (non-hydrogen) atoms. The van der Waals surface area contributed by atoms with Crippen LogP contribution in [-0.4, -0.2) is 58.4 Å². The molecule has 2 atom stereocenters. The predicted molar refractivity (Wildman–Crippen MR) is 140 cm³/mol. The minimum absolute atomic E-state index is 0.0290. The van der Waals surface area contributed by atoms with Crippen molar-refractivity contribution in [2.24, 2.45) is 5.92 Å². The minimum Gasteiger partial charge on any atom is -0.459 e. The van der Waals surface area contributed by atoms with Crippen molar-refractivity contribution >= 4 is 45.0 Å². The molecule has 2 aromatic rings. The van der Waals surface area contributed by atoms with E-state index in [1.54, 1.807) is 22.4 Å². The Morgan fingerprint density at radius 2 is 1.97 bits per heavy atom. The second-order valence-corrected chi connectivity index (χ2v) is 11.9. The number of amides is 2. The number of esters is 1. The largest absolute Gasteiger partial charge is 0.459 e. The summed E-state index contributed by atoms with van der Waals surface area (Å²) < 4.78 is 6.44. The third-order valence-corrected chi connectivity index (χ3v) is 7.94. The van der Waals surface area contributed by atoms with Gasteiger partial charge in [0.25, 0.3) is 0 Å². The smallest absolute Gasteiger partial charge is 0.320 e. The first-order valence-corrected chi connectivity index (χ1v) is 13.6. The van der Waals surface area contributed by atoms with Crippen LogP contribution in [0.4, 0.5) is 5.82 Å². The number of nitrogens with two attached hydrogens (primary N) is 1. The molecule has 0 radical (unpaired) electrons. The van der Waals surface area contributed by atoms with Gasteiger partial charge in [0, 0.05) is 27.7 Å². The number of pyridine rings is 1. The van der Waals surface area contributed by atoms with Crippen molar-refractivity contribution in [2.75, 3.05) is 18.8 Å². The molecule has 9 nitrogen and oxygen atoms in total. The summed E-state index contributed by atoms with van der Waals surface area (Å²) in [5.41, 5.74) is 5.37. The summed E-state index contributed by atoms with van der Waals surface area (Å²) in [6.45, 7) is 6.35. The van der Waals surface area contributed by atoms with E-state index in [9.17, 15) is 14.4 Å². The van der Waals surface area contributed by atoms with E-state index < -0.39 is 17.7 Å². The molecule has 1 saturated heterocycles. The SMILES string of the molecule is CC(C)(C)OC(=O)CNC(C(=O)N1CCC1C(=O)NCc1cc2c(N)nccc2s1)C1CCCCC1. The highest BCUT2D eigenvalue weighted by atomic mass is 32.1. The number of rotatable bonds is 8. The number of nitrogens with one attached hydrogen (secondary N) is 2. The lowest BCUT2D eigenvalue weighted by molar-refractivity contribution is -0.155. The average Bonchev–Trinajstić information content (AvgIpc) is 3.21. The Balaban J connectivity index is 1.37. The Kier molecular flexibility index (Phi) is 8.14. The molecule has 2 amide bonds. The van der Waals surface area contributed by atoms with E-state index in [1.807, 2.05) is 32.9 Å². The van der Waals surface area contributed by atoms with Gasteiger partial charge >= 0.3 is 5.97 Å². The van der Waals surface area contributed by atoms with Gasteiger partial charge in [-0.05, 0) is 58.1 Å². The highest BCUT2D eigenvalue weighted by Crippen LogP contribution is 2.30. The first-order chi connectivity index (χ1) is 17.1. The predicted octanol–water partition coefficient (Wildman–Crippen LogP) is 2.98. The van der Waals surface area contributed by atoms with Crippen molar-refractivity contribution < 1.29 is 19.1 Å². The Hall–Kier alpha value is -2.72. The minimum atomic E-state index is -0.583. The summed E-state index contributed by atoms with van der Waals surface area (Å²) in [5.74, 6) is -0.0150. The maximum Gasteiger partial charge on any atom is 0.320 e. The Bertz CT molecular complexity index is 1110. The number of likely N-dealkylation sites (tertiary alicyclic amines) is 1. The molecule has 0 spiro atoms. The summed E-state index contributed by atoms with van der Waals surface area (Å²) in [6, 6.07) is 2.87. The van der Waals surface area contributed by atoms with Crippen LogP contribution in [0.15, 0.2) is 18.3 Å². The van der Waals surface area contributed by atoms with Gasteiger partial charge in [-0.1, -0.05) is 19.3 Å². The molecule has 1 saturated carbocycles. The second kappa shape index (κ2) is 11.1. The van der Waals surface area contributed by atoms with E-state index in [2.05, 4.69) is 15.6 Å². The van der Waals surface area contributed by atoms with Crippen LogP contribution in [0.1, 0.15) is 64.2 Å². The molecule has 2 aromatic heterocycles. The lowest BCUT2D eigenvalue weighted by atomic mass is 9.82. The zero-order valence-corrected chi connectivity index (χ0v) is 22.2. The highest BCUT2D eigenvalue weighted by molar-refractivity contribution is 7.19. The fourth-order valence-electron chi connectivity index (χ4n) is 5.01. The summed E-state index contributed by atoms with van der Waals surface area (Å²) in [5, 5.41) is 7.05. The van der Waals surface area contributed by atoms with E-state index in [0.717, 1.165) is 47.1 Å². The lowest BCUT2D eigenvalue weighted by Gasteiger charge is -2.43. The first kappa shape index (κ1) is 26.3. The summed E-state index contributed by atoms with van der Waals surface area (Å²) in [7, 11) is 0. The van der Waals surface area contributed by atoms with Gasteiger partial charge in [0.1, 0.15) is 17.5 Å². The molecule has 4 N–H and O–H groups in total. The molecule has 0 bridgehead atoms. The van der Waals surface area contributed by atoms with Crippen LogP contribution < -0.4 is 16.4 Å². The molecule has 0 aromatic carbocycles. The van der Waals surface area contributed by atoms with Gasteiger partial charge in [0.05, 0.1) is 19.1 Å². The fraction of sp³-hybridized carbons (Fsp3) is 0.615. The monoisotopic (exact) mass is 515 g/mol. The number of thiophene rings is 1. The van der Waals surface area contributed by atoms with Crippen molar-refractivity contribution in [1.29, 1.82) is 0 Å². The lowest BCUT2D eigenvalue weighted by Crippen LogP contribution is -2.63. The average molecular weight is 516 g/mol. The normalized spacial score (nSPS) is 19.5. The third-order valence-electron chi connectivity index (χ3n) is 6.84. The van der Waals surface area contributed by atoms with E-state index in [1.165, 1.54) is 0 Å². The molecular formula is C26H37N5O4S. The summed E-state index contributed by atoms with van der Waals surface area (Å²) >= 11 is 1.57. The molecule has 4 rings (SSSR count). The maximum absolute atomic E-state index is 13.6. The van der Waals surface area contributed by atoms with Crippen LogP contribution in [0.2, 0.25) is 0 Å². The van der Waals surface area contributed by atoms with Crippen LogP contribution in [0.25, 0.3) is 10.1 Å². The molecule has 1 aliphatic heterocycles. The molecule has 2 fully saturated rings. The number of nitrogen functional groups attached to an aromatic ring is 1. The topological polar surface area (TPSA) is 127 Å². The zero-order chi connectivity index (χ0) is 25.9. The van der Waals surface area contributed by atoms with Gasteiger partial charge in [-0.3, -0.25) is 19.7 Å². The second-order valence-electron chi connectivity index (χ2n) is 10.7. The number of nitrogens with zero attached hydrogens (tertiary/aromatic N) is 2. The fourth-order valence-corrected chi connectivity index (χ4v) is 6.02. The van der Waals surface area contributed by atoms with Gasteiger partial charge in [0.2, 0.25) is 11.8 Å². The van der Waals surface area contributed by atoms with Gasteiger partial charge in [-0.2, -0.15) is 0 Å². The van der Waals surface area contributed by atoms with Crippen LogP contribution in [0.3, 0.4) is 0 Å². The molecular weight excluding hydrogens is 478 g/mol. The maximum atomic E-state index is 13.6. The standard InChI is InChI=1S/C26H37N5O4S/c1-26(2,3)35-21(32)15-29-22(16-7-5-4-6-8-16)25(34)31-12-10-19(31)24(33)30-14-17-13-18-20(36-17)9-11-28-23(18)27/h9,11,13,16,19,22,29H,4-8,10,12,14-15H2,1-3H3,(H2,27,28)(H,30,33). The van der Waals surface area contributed by atoms with Crippen LogP contribution in [0, 0.1) is 5.92 Å². The summed E-state index contributed by atoms with van der Waals surface area (Å²) in [6.07, 6.45) is 7.48. The van der Waals surface area contributed by atoms with Gasteiger partial charge in [-0.15, -0.1) is 11.3 Å². The Labute approximate surface area is 216 Å². The molecule has 10 heteroatoms. The quantitative estimate of drug-likeness (QED) is 0.461. The number of carbonyl (C=O) groups excluding carboxylic acids is 3. The molecule has 196 valence electrons. The number of hydrogen-bond donors (Lipinski definition) is 3. The van der Waals surface area contributed by atoms with Crippen molar-refractivity contribution in [3.63, 3.8) is 0 Å². The van der Waals surface area contributed by atoms with Crippen molar-refractivity contribution in [3.8, 4) is 0 Å². The van der Waals surface area contributed by atoms with E-state index in [0.29, 0.717) is 25.3 Å². The van der Waals surface area contributed by atoms with Crippen molar-refractivity contribution in [3.05, 3.63) is 23.2 Å². The molecule has 3 heterocycles. The van der Waals surface area contributed by atoms with Crippen LogP contribution in [-0.2, 0) is 25.7 Å².